The highest BCUT2D eigenvalue weighted by molar-refractivity contribution is 7.98. The summed E-state index contributed by atoms with van der Waals surface area (Å²) >= 11 is 14.1. The largest absolute Gasteiger partial charge is 0.351 e. The first kappa shape index (κ1) is 28.9. The molecule has 3 aromatic carbocycles. The summed E-state index contributed by atoms with van der Waals surface area (Å²) in [5, 5.41) is 4.26. The van der Waals surface area contributed by atoms with Gasteiger partial charge in [0.1, 0.15) is 0 Å². The van der Waals surface area contributed by atoms with Crippen molar-refractivity contribution >= 4 is 50.9 Å². The summed E-state index contributed by atoms with van der Waals surface area (Å²) < 4.78 is 27.4. The third-order valence-electron chi connectivity index (χ3n) is 6.45. The van der Waals surface area contributed by atoms with Crippen LogP contribution in [0.5, 0.6) is 0 Å². The van der Waals surface area contributed by atoms with Gasteiger partial charge in [0.15, 0.2) is 0 Å². The molecule has 6 nitrogen and oxygen atoms in total. The average molecular weight is 593 g/mol. The molecule has 4 rings (SSSR count). The van der Waals surface area contributed by atoms with Gasteiger partial charge in [0.2, 0.25) is 10.0 Å². The first-order valence-corrected chi connectivity index (χ1v) is 15.8. The SMILES string of the molecule is Cc1ccc(S(=O)(=O)N2CCN(Cc3ccc(C(=O)NCCSCc4c(Cl)cccc4Cl)cc3)CC2)cc1. The molecular formula is C28H31Cl2N3O3S2. The molecule has 1 aliphatic heterocycles. The molecule has 0 atom stereocenters. The molecule has 38 heavy (non-hydrogen) atoms. The normalized spacial score (nSPS) is 14.9. The van der Waals surface area contributed by atoms with Crippen LogP contribution in [-0.4, -0.2) is 62.0 Å². The molecule has 3 aromatic rings. The maximum absolute atomic E-state index is 12.9. The lowest BCUT2D eigenvalue weighted by atomic mass is 10.1. The van der Waals surface area contributed by atoms with Gasteiger partial charge < -0.3 is 5.32 Å². The van der Waals surface area contributed by atoms with E-state index in [1.165, 1.54) is 0 Å². The van der Waals surface area contributed by atoms with Gasteiger partial charge in [0.05, 0.1) is 4.90 Å². The monoisotopic (exact) mass is 591 g/mol. The van der Waals surface area contributed by atoms with E-state index in [1.807, 2.05) is 61.5 Å². The first-order chi connectivity index (χ1) is 18.2. The van der Waals surface area contributed by atoms with Gasteiger partial charge in [0.25, 0.3) is 5.91 Å². The van der Waals surface area contributed by atoms with Crippen molar-refractivity contribution in [3.05, 3.63) is 99.0 Å². The van der Waals surface area contributed by atoms with Crippen LogP contribution in [0.2, 0.25) is 10.0 Å². The Bertz CT molecular complexity index is 1320. The topological polar surface area (TPSA) is 69.7 Å². The third-order valence-corrected chi connectivity index (χ3v) is 10.1. The van der Waals surface area contributed by atoms with Crippen molar-refractivity contribution in [1.82, 2.24) is 14.5 Å². The van der Waals surface area contributed by atoms with Crippen molar-refractivity contribution in [2.24, 2.45) is 0 Å². The standard InChI is InChI=1S/C28H31Cl2N3O3S2/c1-21-5-11-24(12-6-21)38(35,36)33-16-14-32(15-17-33)19-22-7-9-23(10-8-22)28(34)31-13-18-37-20-25-26(29)3-2-4-27(25)30/h2-12H,13-20H2,1H3,(H,31,34). The number of sulfonamides is 1. The minimum Gasteiger partial charge on any atom is -0.351 e. The summed E-state index contributed by atoms with van der Waals surface area (Å²) in [6.45, 7) is 5.42. The van der Waals surface area contributed by atoms with Crippen LogP contribution in [0.25, 0.3) is 0 Å². The molecule has 0 aromatic heterocycles. The van der Waals surface area contributed by atoms with Gasteiger partial charge in [0, 0.05) is 66.4 Å². The van der Waals surface area contributed by atoms with E-state index in [2.05, 4.69) is 10.2 Å². The maximum atomic E-state index is 12.9. The zero-order valence-electron chi connectivity index (χ0n) is 21.2. The number of nitrogens with one attached hydrogen (secondary N) is 1. The highest BCUT2D eigenvalue weighted by Gasteiger charge is 2.28. The molecule has 0 bridgehead atoms. The Labute approximate surface area is 239 Å². The fourth-order valence-electron chi connectivity index (χ4n) is 4.19. The quantitative estimate of drug-likeness (QED) is 0.316. The van der Waals surface area contributed by atoms with Crippen molar-refractivity contribution in [2.75, 3.05) is 38.5 Å². The molecule has 1 amide bonds. The van der Waals surface area contributed by atoms with Gasteiger partial charge in [-0.1, -0.05) is 59.1 Å². The second-order valence-electron chi connectivity index (χ2n) is 9.20. The van der Waals surface area contributed by atoms with Crippen molar-refractivity contribution in [2.45, 2.75) is 24.1 Å². The molecule has 1 aliphatic rings. The molecule has 10 heteroatoms. The molecule has 0 radical (unpaired) electrons. The van der Waals surface area contributed by atoms with Crippen LogP contribution >= 0.6 is 35.0 Å². The van der Waals surface area contributed by atoms with Gasteiger partial charge in [-0.3, -0.25) is 9.69 Å². The number of rotatable bonds is 10. The zero-order valence-corrected chi connectivity index (χ0v) is 24.3. The van der Waals surface area contributed by atoms with Crippen LogP contribution in [-0.2, 0) is 22.3 Å². The van der Waals surface area contributed by atoms with Crippen LogP contribution in [0.1, 0.15) is 27.0 Å². The number of benzene rings is 3. The highest BCUT2D eigenvalue weighted by atomic mass is 35.5. The Morgan fingerprint density at radius 2 is 1.55 bits per heavy atom. The number of halogens is 2. The maximum Gasteiger partial charge on any atom is 0.251 e. The van der Waals surface area contributed by atoms with Crippen LogP contribution in [0, 0.1) is 6.92 Å². The number of thioether (sulfide) groups is 1. The summed E-state index contributed by atoms with van der Waals surface area (Å²) in [6.07, 6.45) is 0. The number of nitrogens with zero attached hydrogens (tertiary/aromatic N) is 2. The van der Waals surface area contributed by atoms with Gasteiger partial charge in [-0.2, -0.15) is 16.1 Å². The fourth-order valence-corrected chi connectivity index (χ4v) is 7.21. The Morgan fingerprint density at radius 1 is 0.921 bits per heavy atom. The van der Waals surface area contributed by atoms with Crippen LogP contribution in [0.3, 0.4) is 0 Å². The number of hydrogen-bond acceptors (Lipinski definition) is 5. The Balaban J connectivity index is 1.19. The Morgan fingerprint density at radius 3 is 2.18 bits per heavy atom. The Hall–Kier alpha value is -2.07. The zero-order chi connectivity index (χ0) is 27.1. The smallest absolute Gasteiger partial charge is 0.251 e. The minimum atomic E-state index is -3.47. The molecule has 0 saturated carbocycles. The third kappa shape index (κ3) is 7.52. The molecule has 1 saturated heterocycles. The number of carbonyl (C=O) groups is 1. The van der Waals surface area contributed by atoms with Crippen molar-refractivity contribution in [3.8, 4) is 0 Å². The molecule has 1 N–H and O–H groups in total. The first-order valence-electron chi connectivity index (χ1n) is 12.4. The van der Waals surface area contributed by atoms with Crippen molar-refractivity contribution < 1.29 is 13.2 Å². The number of piperazine rings is 1. The lowest BCUT2D eigenvalue weighted by Crippen LogP contribution is -2.48. The van der Waals surface area contributed by atoms with Crippen LogP contribution in [0.4, 0.5) is 0 Å². The number of aryl methyl sites for hydroxylation is 1. The van der Waals surface area contributed by atoms with Crippen LogP contribution < -0.4 is 5.32 Å². The molecule has 202 valence electrons. The van der Waals surface area contributed by atoms with Crippen LogP contribution in [0.15, 0.2) is 71.6 Å². The van der Waals surface area contributed by atoms with E-state index in [4.69, 9.17) is 23.2 Å². The number of hydrogen-bond donors (Lipinski definition) is 1. The highest BCUT2D eigenvalue weighted by Crippen LogP contribution is 2.28. The average Bonchev–Trinajstić information content (AvgIpc) is 2.91. The fraction of sp³-hybridized carbons (Fsp3) is 0.321. The predicted octanol–water partition coefficient (Wildman–Crippen LogP) is 5.47. The van der Waals surface area contributed by atoms with E-state index in [1.54, 1.807) is 28.2 Å². The minimum absolute atomic E-state index is 0.108. The lowest BCUT2D eigenvalue weighted by Gasteiger charge is -2.34. The molecule has 0 aliphatic carbocycles. The number of carbonyl (C=O) groups excluding carboxylic acids is 1. The lowest BCUT2D eigenvalue weighted by molar-refractivity contribution is 0.0956. The summed E-state index contributed by atoms with van der Waals surface area (Å²) in [5.41, 5.74) is 3.65. The second kappa shape index (κ2) is 13.3. The molecule has 1 heterocycles. The number of amides is 1. The predicted molar refractivity (Wildman–Crippen MR) is 157 cm³/mol. The van der Waals surface area contributed by atoms with E-state index in [-0.39, 0.29) is 5.91 Å². The van der Waals surface area contributed by atoms with E-state index >= 15 is 0 Å². The van der Waals surface area contributed by atoms with E-state index in [0.717, 1.165) is 22.4 Å². The molecule has 1 fully saturated rings. The molecular weight excluding hydrogens is 561 g/mol. The van der Waals surface area contributed by atoms with Gasteiger partial charge in [-0.15, -0.1) is 0 Å². The summed E-state index contributed by atoms with van der Waals surface area (Å²) in [7, 11) is -3.47. The van der Waals surface area contributed by atoms with Crippen molar-refractivity contribution in [3.63, 3.8) is 0 Å². The molecule has 0 spiro atoms. The Kier molecular flexibility index (Phi) is 10.1. The second-order valence-corrected chi connectivity index (χ2v) is 13.1. The van der Waals surface area contributed by atoms with Crippen molar-refractivity contribution in [1.29, 1.82) is 0 Å². The van der Waals surface area contributed by atoms with Gasteiger partial charge in [-0.05, 0) is 54.4 Å². The molecule has 0 unspecified atom stereocenters. The summed E-state index contributed by atoms with van der Waals surface area (Å²) in [6, 6.07) is 20.0. The van der Waals surface area contributed by atoms with E-state index < -0.39 is 10.0 Å². The van der Waals surface area contributed by atoms with E-state index in [9.17, 15) is 13.2 Å². The van der Waals surface area contributed by atoms with Gasteiger partial charge >= 0.3 is 0 Å². The summed E-state index contributed by atoms with van der Waals surface area (Å²) in [4.78, 5) is 15.1. The van der Waals surface area contributed by atoms with Gasteiger partial charge in [-0.25, -0.2) is 8.42 Å². The summed E-state index contributed by atoms with van der Waals surface area (Å²) in [5.74, 6) is 1.33. The van der Waals surface area contributed by atoms with E-state index in [0.29, 0.717) is 65.5 Å².